The summed E-state index contributed by atoms with van der Waals surface area (Å²) in [6, 6.07) is 0.147. The molecule has 1 spiro atoms. The molecule has 0 bridgehead atoms. The molecule has 2 fully saturated rings. The van der Waals surface area contributed by atoms with Gasteiger partial charge in [-0.1, -0.05) is 0 Å². The van der Waals surface area contributed by atoms with Gasteiger partial charge in [-0.2, -0.15) is 13.2 Å². The number of carbonyl (C=O) groups excluding carboxylic acids is 1. The predicted octanol–water partition coefficient (Wildman–Crippen LogP) is 2.10. The zero-order chi connectivity index (χ0) is 17.5. The van der Waals surface area contributed by atoms with Crippen LogP contribution in [0.5, 0.6) is 0 Å². The number of nitrogens with one attached hydrogen (secondary N) is 2. The van der Waals surface area contributed by atoms with E-state index < -0.39 is 23.3 Å². The first kappa shape index (κ1) is 16.8. The molecule has 1 aromatic heterocycles. The summed E-state index contributed by atoms with van der Waals surface area (Å²) in [6.45, 7) is 2.29. The van der Waals surface area contributed by atoms with E-state index in [2.05, 4.69) is 10.2 Å². The second-order valence-electron chi connectivity index (χ2n) is 6.49. The molecule has 132 valence electrons. The van der Waals surface area contributed by atoms with Gasteiger partial charge in [-0.3, -0.25) is 4.79 Å². The minimum atomic E-state index is -4.59. The van der Waals surface area contributed by atoms with Gasteiger partial charge in [-0.05, 0) is 32.4 Å². The van der Waals surface area contributed by atoms with Crippen LogP contribution in [0.15, 0.2) is 17.1 Å². The van der Waals surface area contributed by atoms with Crippen LogP contribution in [-0.4, -0.2) is 53.0 Å². The van der Waals surface area contributed by atoms with Crippen molar-refractivity contribution in [3.63, 3.8) is 0 Å². The van der Waals surface area contributed by atoms with Crippen molar-refractivity contribution in [2.24, 2.45) is 0 Å². The lowest BCUT2D eigenvalue weighted by atomic mass is 9.77. The SMILES string of the molecule is CN1CCC2(CC1)CCN2C(=O)Nc1cc(C(F)(F)F)c[nH]c1=O. The molecule has 9 heteroatoms. The van der Waals surface area contributed by atoms with Gasteiger partial charge in [0.05, 0.1) is 5.56 Å². The summed E-state index contributed by atoms with van der Waals surface area (Å²) >= 11 is 0. The molecule has 3 heterocycles. The molecule has 0 aromatic carbocycles. The van der Waals surface area contributed by atoms with Gasteiger partial charge in [0, 0.05) is 31.4 Å². The summed E-state index contributed by atoms with van der Waals surface area (Å²) in [5, 5.41) is 2.34. The summed E-state index contributed by atoms with van der Waals surface area (Å²) < 4.78 is 38.2. The molecule has 0 atom stereocenters. The van der Waals surface area contributed by atoms with Crippen molar-refractivity contribution in [2.45, 2.75) is 31.0 Å². The number of likely N-dealkylation sites (tertiary alicyclic amines) is 2. The molecular formula is C15H19F3N4O2. The Kier molecular flexibility index (Phi) is 4.06. The minimum absolute atomic E-state index is 0.231. The normalized spacial score (nSPS) is 20.8. The first-order chi connectivity index (χ1) is 11.2. The van der Waals surface area contributed by atoms with E-state index in [1.165, 1.54) is 0 Å². The number of hydrogen-bond acceptors (Lipinski definition) is 3. The highest BCUT2D eigenvalue weighted by atomic mass is 19.4. The van der Waals surface area contributed by atoms with Crippen molar-refractivity contribution in [2.75, 3.05) is 32.0 Å². The van der Waals surface area contributed by atoms with Crippen LogP contribution in [-0.2, 0) is 6.18 Å². The summed E-state index contributed by atoms with van der Waals surface area (Å²) in [6.07, 6.45) is -1.45. The Bertz CT molecular complexity index is 693. The number of piperidine rings is 1. The smallest absolute Gasteiger partial charge is 0.327 e. The van der Waals surface area contributed by atoms with Crippen molar-refractivity contribution in [3.05, 3.63) is 28.2 Å². The molecule has 0 saturated carbocycles. The Balaban J connectivity index is 1.75. The maximum absolute atomic E-state index is 12.7. The van der Waals surface area contributed by atoms with E-state index in [4.69, 9.17) is 0 Å². The number of amides is 2. The van der Waals surface area contributed by atoms with Gasteiger partial charge in [0.15, 0.2) is 0 Å². The van der Waals surface area contributed by atoms with Gasteiger partial charge in [-0.25, -0.2) is 4.79 Å². The van der Waals surface area contributed by atoms with E-state index in [9.17, 15) is 22.8 Å². The van der Waals surface area contributed by atoms with Crippen molar-refractivity contribution in [3.8, 4) is 0 Å². The van der Waals surface area contributed by atoms with Crippen molar-refractivity contribution in [1.82, 2.24) is 14.8 Å². The van der Waals surface area contributed by atoms with Crippen LogP contribution in [0, 0.1) is 0 Å². The van der Waals surface area contributed by atoms with Crippen molar-refractivity contribution < 1.29 is 18.0 Å². The molecule has 0 aliphatic carbocycles. The predicted molar refractivity (Wildman–Crippen MR) is 81.9 cm³/mol. The molecule has 1 aromatic rings. The number of urea groups is 1. The number of nitrogens with zero attached hydrogens (tertiary/aromatic N) is 2. The highest BCUT2D eigenvalue weighted by Crippen LogP contribution is 2.40. The highest BCUT2D eigenvalue weighted by Gasteiger charge is 2.48. The molecule has 2 aliphatic heterocycles. The fourth-order valence-electron chi connectivity index (χ4n) is 3.33. The van der Waals surface area contributed by atoms with Crippen LogP contribution < -0.4 is 10.9 Å². The number of alkyl halides is 3. The first-order valence-corrected chi connectivity index (χ1v) is 7.78. The second-order valence-corrected chi connectivity index (χ2v) is 6.49. The number of carbonyl (C=O) groups is 1. The van der Waals surface area contributed by atoms with Crippen LogP contribution >= 0.6 is 0 Å². The summed E-state index contributed by atoms with van der Waals surface area (Å²) in [4.78, 5) is 30.0. The Morgan fingerprint density at radius 1 is 1.25 bits per heavy atom. The average Bonchev–Trinajstić information content (AvgIpc) is 2.48. The number of aromatic nitrogens is 1. The molecule has 0 unspecified atom stereocenters. The zero-order valence-corrected chi connectivity index (χ0v) is 13.2. The van der Waals surface area contributed by atoms with Crippen LogP contribution in [0.3, 0.4) is 0 Å². The molecule has 2 amide bonds. The van der Waals surface area contributed by atoms with Gasteiger partial charge in [0.25, 0.3) is 5.56 Å². The minimum Gasteiger partial charge on any atom is -0.327 e. The number of aromatic amines is 1. The molecular weight excluding hydrogens is 325 g/mol. The van der Waals surface area contributed by atoms with Gasteiger partial charge in [0.2, 0.25) is 0 Å². The van der Waals surface area contributed by atoms with E-state index in [0.717, 1.165) is 32.4 Å². The third-order valence-electron chi connectivity index (χ3n) is 5.01. The molecule has 2 saturated heterocycles. The summed E-state index contributed by atoms with van der Waals surface area (Å²) in [7, 11) is 2.01. The third kappa shape index (κ3) is 3.00. The van der Waals surface area contributed by atoms with Crippen LogP contribution in [0.4, 0.5) is 23.7 Å². The van der Waals surface area contributed by atoms with Crippen LogP contribution in [0.1, 0.15) is 24.8 Å². The standard InChI is InChI=1S/C15H19F3N4O2/c1-21-5-2-14(3-6-21)4-7-22(14)13(24)20-11-8-10(15(16,17)18)9-19-12(11)23/h8-9H,2-7H2,1H3,(H,19,23)(H,20,24). The van der Waals surface area contributed by atoms with E-state index in [1.54, 1.807) is 4.90 Å². The van der Waals surface area contributed by atoms with Crippen LogP contribution in [0.25, 0.3) is 0 Å². The third-order valence-corrected chi connectivity index (χ3v) is 5.01. The summed E-state index contributed by atoms with van der Waals surface area (Å²) in [5.41, 5.74) is -2.38. The van der Waals surface area contributed by atoms with E-state index in [0.29, 0.717) is 18.8 Å². The fraction of sp³-hybridized carbons (Fsp3) is 0.600. The lowest BCUT2D eigenvalue weighted by Crippen LogP contribution is -2.66. The lowest BCUT2D eigenvalue weighted by Gasteiger charge is -2.55. The topological polar surface area (TPSA) is 68.4 Å². The first-order valence-electron chi connectivity index (χ1n) is 7.78. The van der Waals surface area contributed by atoms with Crippen molar-refractivity contribution in [1.29, 1.82) is 0 Å². The highest BCUT2D eigenvalue weighted by molar-refractivity contribution is 5.90. The maximum Gasteiger partial charge on any atom is 0.417 e. The molecule has 24 heavy (non-hydrogen) atoms. The number of pyridine rings is 1. The van der Waals surface area contributed by atoms with Crippen molar-refractivity contribution >= 4 is 11.7 Å². The van der Waals surface area contributed by atoms with E-state index >= 15 is 0 Å². The largest absolute Gasteiger partial charge is 0.417 e. The second kappa shape index (κ2) is 5.80. The van der Waals surface area contributed by atoms with Gasteiger partial charge >= 0.3 is 12.2 Å². The number of hydrogen-bond donors (Lipinski definition) is 2. The quantitative estimate of drug-likeness (QED) is 0.820. The number of halogens is 3. The van der Waals surface area contributed by atoms with Gasteiger partial charge in [0.1, 0.15) is 5.69 Å². The molecule has 0 radical (unpaired) electrons. The molecule has 6 nitrogen and oxygen atoms in total. The maximum atomic E-state index is 12.7. The Labute approximate surface area is 136 Å². The Morgan fingerprint density at radius 3 is 2.42 bits per heavy atom. The van der Waals surface area contributed by atoms with E-state index in [1.807, 2.05) is 12.0 Å². The molecule has 2 aliphatic rings. The molecule has 3 rings (SSSR count). The summed E-state index contributed by atoms with van der Waals surface area (Å²) in [5.74, 6) is 0. The van der Waals surface area contributed by atoms with Gasteiger partial charge < -0.3 is 20.1 Å². The molecule has 2 N–H and O–H groups in total. The fourth-order valence-corrected chi connectivity index (χ4v) is 3.33. The number of H-pyrrole nitrogens is 1. The number of anilines is 1. The van der Waals surface area contributed by atoms with E-state index in [-0.39, 0.29) is 11.2 Å². The van der Waals surface area contributed by atoms with Crippen LogP contribution in [0.2, 0.25) is 0 Å². The number of rotatable bonds is 1. The monoisotopic (exact) mass is 344 g/mol. The Morgan fingerprint density at radius 2 is 1.88 bits per heavy atom. The van der Waals surface area contributed by atoms with Gasteiger partial charge in [-0.15, -0.1) is 0 Å². The zero-order valence-electron chi connectivity index (χ0n) is 13.2. The Hall–Kier alpha value is -2.03. The lowest BCUT2D eigenvalue weighted by molar-refractivity contribution is -0.137. The average molecular weight is 344 g/mol.